The van der Waals surface area contributed by atoms with Gasteiger partial charge >= 0.3 is 0 Å². The zero-order chi connectivity index (χ0) is 14.7. The van der Waals surface area contributed by atoms with Crippen molar-refractivity contribution in [2.24, 2.45) is 0 Å². The highest BCUT2D eigenvalue weighted by Gasteiger charge is 2.12. The van der Waals surface area contributed by atoms with Gasteiger partial charge in [-0.3, -0.25) is 4.79 Å². The number of hydrogen-bond donors (Lipinski definition) is 2. The number of phenolic OH excluding ortho intramolecular Hbond substituents is 1. The van der Waals surface area contributed by atoms with Crippen LogP contribution in [0, 0.1) is 13.8 Å². The van der Waals surface area contributed by atoms with Crippen LogP contribution in [-0.4, -0.2) is 17.3 Å². The first kappa shape index (κ1) is 14.5. The molecule has 0 radical (unpaired) electrons. The third kappa shape index (κ3) is 2.96. The van der Waals surface area contributed by atoms with Crippen molar-refractivity contribution in [3.05, 3.63) is 53.1 Å². The van der Waals surface area contributed by atoms with Gasteiger partial charge in [-0.1, -0.05) is 12.1 Å². The molecule has 0 saturated heterocycles. The third-order valence-electron chi connectivity index (χ3n) is 3.14. The maximum absolute atomic E-state index is 12.4. The van der Waals surface area contributed by atoms with Gasteiger partial charge in [0.15, 0.2) is 0 Å². The standard InChI is InChI=1S/C16H17NO2S/c1-10-9-14(18)11(2)8-13(10)17-16(19)12-6-4-5-7-15(12)20-3/h4-9,18H,1-3H3,(H,17,19). The zero-order valence-corrected chi connectivity index (χ0v) is 12.5. The number of phenols is 1. The van der Waals surface area contributed by atoms with Crippen molar-refractivity contribution in [2.75, 3.05) is 11.6 Å². The minimum Gasteiger partial charge on any atom is -0.508 e. The van der Waals surface area contributed by atoms with E-state index < -0.39 is 0 Å². The lowest BCUT2D eigenvalue weighted by Gasteiger charge is -2.12. The van der Waals surface area contributed by atoms with Crippen LogP contribution in [-0.2, 0) is 0 Å². The molecule has 0 fully saturated rings. The second-order valence-electron chi connectivity index (χ2n) is 4.61. The van der Waals surface area contributed by atoms with Gasteiger partial charge in [0.25, 0.3) is 5.91 Å². The number of hydrogen-bond acceptors (Lipinski definition) is 3. The zero-order valence-electron chi connectivity index (χ0n) is 11.7. The Labute approximate surface area is 123 Å². The maximum Gasteiger partial charge on any atom is 0.256 e. The monoisotopic (exact) mass is 287 g/mol. The molecule has 3 nitrogen and oxygen atoms in total. The fourth-order valence-electron chi connectivity index (χ4n) is 1.96. The van der Waals surface area contributed by atoms with Crippen LogP contribution in [0.15, 0.2) is 41.3 Å². The van der Waals surface area contributed by atoms with E-state index in [2.05, 4.69) is 5.32 Å². The molecule has 2 aromatic carbocycles. The smallest absolute Gasteiger partial charge is 0.256 e. The summed E-state index contributed by atoms with van der Waals surface area (Å²) in [4.78, 5) is 13.3. The first-order valence-corrected chi connectivity index (χ1v) is 7.50. The summed E-state index contributed by atoms with van der Waals surface area (Å²) in [6.45, 7) is 3.66. The van der Waals surface area contributed by atoms with Gasteiger partial charge in [-0.15, -0.1) is 11.8 Å². The Bertz CT molecular complexity index is 653. The number of carbonyl (C=O) groups excluding carboxylic acids is 1. The predicted molar refractivity (Wildman–Crippen MR) is 83.8 cm³/mol. The fraction of sp³-hybridized carbons (Fsp3) is 0.188. The molecular weight excluding hydrogens is 270 g/mol. The molecule has 0 aliphatic heterocycles. The van der Waals surface area contributed by atoms with Gasteiger partial charge in [-0.2, -0.15) is 0 Å². The summed E-state index contributed by atoms with van der Waals surface area (Å²) in [7, 11) is 0. The van der Waals surface area contributed by atoms with Crippen LogP contribution in [0.3, 0.4) is 0 Å². The SMILES string of the molecule is CSc1ccccc1C(=O)Nc1cc(C)c(O)cc1C. The number of amides is 1. The highest BCUT2D eigenvalue weighted by molar-refractivity contribution is 7.98. The van der Waals surface area contributed by atoms with Crippen molar-refractivity contribution >= 4 is 23.4 Å². The van der Waals surface area contributed by atoms with E-state index in [0.717, 1.165) is 21.7 Å². The summed E-state index contributed by atoms with van der Waals surface area (Å²) < 4.78 is 0. The second kappa shape index (κ2) is 6.01. The molecule has 0 aliphatic rings. The van der Waals surface area contributed by atoms with E-state index in [9.17, 15) is 9.90 Å². The van der Waals surface area contributed by atoms with Crippen molar-refractivity contribution < 1.29 is 9.90 Å². The first-order chi connectivity index (χ1) is 9.52. The summed E-state index contributed by atoms with van der Waals surface area (Å²) in [5, 5.41) is 12.5. The molecule has 2 N–H and O–H groups in total. The van der Waals surface area contributed by atoms with E-state index in [4.69, 9.17) is 0 Å². The first-order valence-electron chi connectivity index (χ1n) is 6.27. The molecule has 0 bridgehead atoms. The lowest BCUT2D eigenvalue weighted by molar-refractivity contribution is 0.102. The molecular formula is C16H17NO2S. The number of benzene rings is 2. The van der Waals surface area contributed by atoms with E-state index in [1.54, 1.807) is 30.8 Å². The van der Waals surface area contributed by atoms with Gasteiger partial charge < -0.3 is 10.4 Å². The number of aryl methyl sites for hydroxylation is 2. The molecule has 2 rings (SSSR count). The Morgan fingerprint density at radius 2 is 1.85 bits per heavy atom. The van der Waals surface area contributed by atoms with Crippen molar-refractivity contribution in [3.8, 4) is 5.75 Å². The van der Waals surface area contributed by atoms with Crippen molar-refractivity contribution in [1.82, 2.24) is 0 Å². The number of aromatic hydroxyl groups is 1. The van der Waals surface area contributed by atoms with Crippen LogP contribution in [0.5, 0.6) is 5.75 Å². The van der Waals surface area contributed by atoms with Gasteiger partial charge in [0.05, 0.1) is 5.56 Å². The van der Waals surface area contributed by atoms with E-state index in [-0.39, 0.29) is 11.7 Å². The average Bonchev–Trinajstić information content (AvgIpc) is 2.44. The molecule has 0 aliphatic carbocycles. The summed E-state index contributed by atoms with van der Waals surface area (Å²) in [5.41, 5.74) is 2.96. The summed E-state index contributed by atoms with van der Waals surface area (Å²) >= 11 is 1.54. The molecule has 0 saturated carbocycles. The minimum atomic E-state index is -0.136. The molecule has 0 atom stereocenters. The molecule has 2 aromatic rings. The largest absolute Gasteiger partial charge is 0.508 e. The summed E-state index contributed by atoms with van der Waals surface area (Å²) in [6, 6.07) is 10.9. The number of anilines is 1. The Hall–Kier alpha value is -1.94. The Morgan fingerprint density at radius 3 is 2.55 bits per heavy atom. The van der Waals surface area contributed by atoms with Crippen LogP contribution in [0.4, 0.5) is 5.69 Å². The van der Waals surface area contributed by atoms with Crippen LogP contribution >= 0.6 is 11.8 Å². The topological polar surface area (TPSA) is 49.3 Å². The van der Waals surface area contributed by atoms with Gasteiger partial charge in [-0.25, -0.2) is 0 Å². The normalized spacial score (nSPS) is 10.3. The molecule has 1 amide bonds. The average molecular weight is 287 g/mol. The second-order valence-corrected chi connectivity index (χ2v) is 5.46. The molecule has 0 aromatic heterocycles. The van der Waals surface area contributed by atoms with Crippen molar-refractivity contribution in [1.29, 1.82) is 0 Å². The van der Waals surface area contributed by atoms with E-state index in [1.165, 1.54) is 0 Å². The highest BCUT2D eigenvalue weighted by Crippen LogP contribution is 2.26. The van der Waals surface area contributed by atoms with Crippen LogP contribution in [0.2, 0.25) is 0 Å². The maximum atomic E-state index is 12.4. The number of carbonyl (C=O) groups is 1. The van der Waals surface area contributed by atoms with Gasteiger partial charge in [0.2, 0.25) is 0 Å². The van der Waals surface area contributed by atoms with Gasteiger partial charge in [0, 0.05) is 10.6 Å². The molecule has 104 valence electrons. The Morgan fingerprint density at radius 1 is 1.15 bits per heavy atom. The van der Waals surface area contributed by atoms with Gasteiger partial charge in [0.1, 0.15) is 5.75 Å². The van der Waals surface area contributed by atoms with Crippen LogP contribution in [0.25, 0.3) is 0 Å². The number of rotatable bonds is 3. The number of nitrogens with one attached hydrogen (secondary N) is 1. The van der Waals surface area contributed by atoms with Gasteiger partial charge in [-0.05, 0) is 55.5 Å². The van der Waals surface area contributed by atoms with E-state index in [0.29, 0.717) is 5.56 Å². The third-order valence-corrected chi connectivity index (χ3v) is 3.94. The molecule has 0 heterocycles. The highest BCUT2D eigenvalue weighted by atomic mass is 32.2. The van der Waals surface area contributed by atoms with E-state index >= 15 is 0 Å². The molecule has 0 spiro atoms. The van der Waals surface area contributed by atoms with Crippen molar-refractivity contribution in [3.63, 3.8) is 0 Å². The minimum absolute atomic E-state index is 0.136. The summed E-state index contributed by atoms with van der Waals surface area (Å²) in [6.07, 6.45) is 1.95. The lowest BCUT2D eigenvalue weighted by Crippen LogP contribution is -2.13. The Kier molecular flexibility index (Phi) is 4.35. The van der Waals surface area contributed by atoms with Crippen LogP contribution in [0.1, 0.15) is 21.5 Å². The predicted octanol–water partition coefficient (Wildman–Crippen LogP) is 3.98. The molecule has 0 unspecified atom stereocenters. The van der Waals surface area contributed by atoms with Crippen molar-refractivity contribution in [2.45, 2.75) is 18.7 Å². The summed E-state index contributed by atoms with van der Waals surface area (Å²) in [5.74, 6) is 0.105. The van der Waals surface area contributed by atoms with Crippen LogP contribution < -0.4 is 5.32 Å². The fourth-order valence-corrected chi connectivity index (χ4v) is 2.55. The number of thioether (sulfide) groups is 1. The van der Waals surface area contributed by atoms with E-state index in [1.807, 2.05) is 37.4 Å². The molecule has 4 heteroatoms. The molecule has 20 heavy (non-hydrogen) atoms. The lowest BCUT2D eigenvalue weighted by atomic mass is 10.1. The quantitative estimate of drug-likeness (QED) is 0.663. The Balaban J connectivity index is 2.30.